The van der Waals surface area contributed by atoms with Crippen LogP contribution < -0.4 is 10.6 Å². The standard InChI is InChI=1S/C12H23N3OS2/c16-12(9-11-10-18-6-2-13-11)14-1-3-15-4-7-17-8-5-15/h11,13H,1-10H2,(H,14,16). The summed E-state index contributed by atoms with van der Waals surface area (Å²) in [6.07, 6.45) is 0.628. The number of amides is 1. The van der Waals surface area contributed by atoms with Crippen LogP contribution >= 0.6 is 23.5 Å². The Balaban J connectivity index is 1.53. The Labute approximate surface area is 118 Å². The molecule has 0 aromatic carbocycles. The van der Waals surface area contributed by atoms with Crippen molar-refractivity contribution in [3.8, 4) is 0 Å². The SMILES string of the molecule is O=C(CC1CSCCN1)NCCN1CCSCC1. The minimum absolute atomic E-state index is 0.196. The van der Waals surface area contributed by atoms with Crippen LogP contribution in [0.2, 0.25) is 0 Å². The fraction of sp³-hybridized carbons (Fsp3) is 0.917. The molecule has 2 saturated heterocycles. The quantitative estimate of drug-likeness (QED) is 0.759. The summed E-state index contributed by atoms with van der Waals surface area (Å²) in [5.74, 6) is 4.90. The zero-order valence-corrected chi connectivity index (χ0v) is 12.5. The van der Waals surface area contributed by atoms with Crippen molar-refractivity contribution in [3.63, 3.8) is 0 Å². The molecule has 2 fully saturated rings. The number of thioether (sulfide) groups is 2. The van der Waals surface area contributed by atoms with E-state index in [1.54, 1.807) is 0 Å². The molecule has 2 aliphatic heterocycles. The number of hydrogen-bond donors (Lipinski definition) is 2. The van der Waals surface area contributed by atoms with Crippen LogP contribution in [0.5, 0.6) is 0 Å². The summed E-state index contributed by atoms with van der Waals surface area (Å²) in [6, 6.07) is 0.370. The minimum atomic E-state index is 0.196. The second-order valence-electron chi connectivity index (χ2n) is 4.73. The molecule has 2 rings (SSSR count). The first-order valence-electron chi connectivity index (χ1n) is 6.72. The topological polar surface area (TPSA) is 44.4 Å². The molecule has 1 amide bonds. The molecule has 0 saturated carbocycles. The van der Waals surface area contributed by atoms with Crippen LogP contribution in [-0.4, -0.2) is 72.6 Å². The average molecular weight is 289 g/mol. The molecule has 0 aromatic heterocycles. The number of carbonyl (C=O) groups is 1. The highest BCUT2D eigenvalue weighted by Gasteiger charge is 2.16. The summed E-state index contributed by atoms with van der Waals surface area (Å²) in [6.45, 7) is 5.17. The van der Waals surface area contributed by atoms with Gasteiger partial charge in [0.25, 0.3) is 0 Å². The molecule has 0 aromatic rings. The second kappa shape index (κ2) is 8.30. The molecular formula is C12H23N3OS2. The van der Waals surface area contributed by atoms with Gasteiger partial charge < -0.3 is 10.6 Å². The van der Waals surface area contributed by atoms with E-state index in [0.29, 0.717) is 12.5 Å². The summed E-state index contributed by atoms with van der Waals surface area (Å²) >= 11 is 3.96. The van der Waals surface area contributed by atoms with E-state index in [9.17, 15) is 4.79 Å². The Morgan fingerprint density at radius 3 is 2.83 bits per heavy atom. The second-order valence-corrected chi connectivity index (χ2v) is 7.11. The molecule has 2 aliphatic rings. The van der Waals surface area contributed by atoms with Crippen molar-refractivity contribution in [2.45, 2.75) is 12.5 Å². The van der Waals surface area contributed by atoms with E-state index in [2.05, 4.69) is 15.5 Å². The number of nitrogens with one attached hydrogen (secondary N) is 2. The molecule has 2 heterocycles. The van der Waals surface area contributed by atoms with E-state index in [1.807, 2.05) is 23.5 Å². The van der Waals surface area contributed by atoms with Gasteiger partial charge in [0, 0.05) is 68.2 Å². The van der Waals surface area contributed by atoms with E-state index in [-0.39, 0.29) is 5.91 Å². The third-order valence-corrected chi connectivity index (χ3v) is 5.36. The Morgan fingerprint density at radius 2 is 2.11 bits per heavy atom. The van der Waals surface area contributed by atoms with Crippen molar-refractivity contribution >= 4 is 29.4 Å². The fourth-order valence-corrected chi connectivity index (χ4v) is 4.15. The van der Waals surface area contributed by atoms with Crippen LogP contribution in [0, 0.1) is 0 Å². The lowest BCUT2D eigenvalue weighted by Crippen LogP contribution is -2.43. The van der Waals surface area contributed by atoms with E-state index in [4.69, 9.17) is 0 Å². The van der Waals surface area contributed by atoms with E-state index >= 15 is 0 Å². The first-order valence-corrected chi connectivity index (χ1v) is 9.03. The largest absolute Gasteiger partial charge is 0.355 e. The number of nitrogens with zero attached hydrogens (tertiary/aromatic N) is 1. The van der Waals surface area contributed by atoms with E-state index in [1.165, 1.54) is 30.3 Å². The smallest absolute Gasteiger partial charge is 0.221 e. The zero-order valence-electron chi connectivity index (χ0n) is 10.8. The molecule has 0 spiro atoms. The molecule has 0 aliphatic carbocycles. The minimum Gasteiger partial charge on any atom is -0.355 e. The van der Waals surface area contributed by atoms with Gasteiger partial charge in [0.1, 0.15) is 0 Å². The Bertz CT molecular complexity index is 254. The first kappa shape index (κ1) is 14.5. The average Bonchev–Trinajstić information content (AvgIpc) is 2.41. The first-order chi connectivity index (χ1) is 8.84. The third kappa shape index (κ3) is 5.38. The van der Waals surface area contributed by atoms with Crippen molar-refractivity contribution in [3.05, 3.63) is 0 Å². The summed E-state index contributed by atoms with van der Waals surface area (Å²) in [5.41, 5.74) is 0. The van der Waals surface area contributed by atoms with Gasteiger partial charge in [-0.2, -0.15) is 23.5 Å². The monoisotopic (exact) mass is 289 g/mol. The molecule has 1 atom stereocenters. The maximum absolute atomic E-state index is 11.8. The molecule has 0 radical (unpaired) electrons. The van der Waals surface area contributed by atoms with E-state index < -0.39 is 0 Å². The highest BCUT2D eigenvalue weighted by Crippen LogP contribution is 2.10. The van der Waals surface area contributed by atoms with Crippen LogP contribution in [0.25, 0.3) is 0 Å². The van der Waals surface area contributed by atoms with Gasteiger partial charge in [0.15, 0.2) is 0 Å². The lowest BCUT2D eigenvalue weighted by molar-refractivity contribution is -0.121. The molecule has 2 N–H and O–H groups in total. The predicted molar refractivity (Wildman–Crippen MR) is 80.5 cm³/mol. The molecule has 18 heavy (non-hydrogen) atoms. The molecule has 0 bridgehead atoms. The van der Waals surface area contributed by atoms with Crippen molar-refractivity contribution < 1.29 is 4.79 Å². The van der Waals surface area contributed by atoms with Gasteiger partial charge in [-0.05, 0) is 0 Å². The molecule has 1 unspecified atom stereocenters. The Morgan fingerprint density at radius 1 is 1.28 bits per heavy atom. The number of carbonyl (C=O) groups excluding carboxylic acids is 1. The maximum atomic E-state index is 11.8. The summed E-state index contributed by atoms with van der Waals surface area (Å²) in [5, 5.41) is 6.44. The van der Waals surface area contributed by atoms with Gasteiger partial charge in [0.2, 0.25) is 5.91 Å². The van der Waals surface area contributed by atoms with Crippen molar-refractivity contribution in [1.82, 2.24) is 15.5 Å². The summed E-state index contributed by atoms with van der Waals surface area (Å²) < 4.78 is 0. The van der Waals surface area contributed by atoms with Crippen LogP contribution in [0.15, 0.2) is 0 Å². The van der Waals surface area contributed by atoms with E-state index in [0.717, 1.165) is 25.4 Å². The highest BCUT2D eigenvalue weighted by molar-refractivity contribution is 7.99. The van der Waals surface area contributed by atoms with Gasteiger partial charge in [-0.1, -0.05) is 0 Å². The van der Waals surface area contributed by atoms with Crippen LogP contribution in [0.4, 0.5) is 0 Å². The van der Waals surface area contributed by atoms with Crippen LogP contribution in [0.3, 0.4) is 0 Å². The predicted octanol–water partition coefficient (Wildman–Crippen LogP) is 0.247. The normalized spacial score (nSPS) is 25.9. The van der Waals surface area contributed by atoms with Crippen molar-refractivity contribution in [1.29, 1.82) is 0 Å². The van der Waals surface area contributed by atoms with Crippen LogP contribution in [-0.2, 0) is 4.79 Å². The molecule has 4 nitrogen and oxygen atoms in total. The Hall–Kier alpha value is 0.0900. The lowest BCUT2D eigenvalue weighted by Gasteiger charge is -2.26. The summed E-state index contributed by atoms with van der Waals surface area (Å²) in [4.78, 5) is 14.2. The van der Waals surface area contributed by atoms with Gasteiger partial charge in [-0.25, -0.2) is 0 Å². The van der Waals surface area contributed by atoms with Gasteiger partial charge in [0.05, 0.1) is 0 Å². The van der Waals surface area contributed by atoms with Gasteiger partial charge in [-0.15, -0.1) is 0 Å². The number of hydrogen-bond acceptors (Lipinski definition) is 5. The van der Waals surface area contributed by atoms with Crippen LogP contribution in [0.1, 0.15) is 6.42 Å². The Kier molecular flexibility index (Phi) is 6.68. The third-order valence-electron chi connectivity index (χ3n) is 3.28. The van der Waals surface area contributed by atoms with Crippen molar-refractivity contribution in [2.75, 3.05) is 55.7 Å². The van der Waals surface area contributed by atoms with Gasteiger partial charge >= 0.3 is 0 Å². The lowest BCUT2D eigenvalue weighted by atomic mass is 10.2. The highest BCUT2D eigenvalue weighted by atomic mass is 32.2. The molecular weight excluding hydrogens is 266 g/mol. The molecule has 6 heteroatoms. The molecule has 104 valence electrons. The maximum Gasteiger partial charge on any atom is 0.221 e. The number of rotatable bonds is 5. The van der Waals surface area contributed by atoms with Crippen molar-refractivity contribution in [2.24, 2.45) is 0 Å². The fourth-order valence-electron chi connectivity index (χ4n) is 2.22. The zero-order chi connectivity index (χ0) is 12.6. The summed E-state index contributed by atoms with van der Waals surface area (Å²) in [7, 11) is 0. The van der Waals surface area contributed by atoms with Gasteiger partial charge in [-0.3, -0.25) is 9.69 Å².